The fourth-order valence-electron chi connectivity index (χ4n) is 5.62. The summed E-state index contributed by atoms with van der Waals surface area (Å²) in [5, 5.41) is 26.5. The van der Waals surface area contributed by atoms with Gasteiger partial charge < -0.3 is 35.4 Å². The third-order valence-electron chi connectivity index (χ3n) is 7.52. The lowest BCUT2D eigenvalue weighted by atomic mass is 9.91. The van der Waals surface area contributed by atoms with Crippen molar-refractivity contribution in [1.82, 2.24) is 25.3 Å². The summed E-state index contributed by atoms with van der Waals surface area (Å²) in [6, 6.07) is -1.59. The number of likely N-dealkylation sites (N-methyl/N-ethyl adjacent to an activating group) is 1. The molecular weight excluding hydrogens is 470 g/mol. The van der Waals surface area contributed by atoms with Crippen molar-refractivity contribution in [2.24, 2.45) is 5.41 Å². The van der Waals surface area contributed by atoms with Crippen molar-refractivity contribution in [2.45, 2.75) is 82.6 Å². The molecule has 7 atom stereocenters. The average Bonchev–Trinajstić information content (AvgIpc) is 3.28. The molecule has 0 unspecified atom stereocenters. The van der Waals surface area contributed by atoms with E-state index in [4.69, 9.17) is 4.74 Å². The molecule has 4 heterocycles. The van der Waals surface area contributed by atoms with Crippen LogP contribution in [0.25, 0.3) is 0 Å². The van der Waals surface area contributed by atoms with Crippen LogP contribution in [0.15, 0.2) is 0 Å². The molecule has 0 aromatic carbocycles. The number of piperazine rings is 1. The second-order valence-corrected chi connectivity index (χ2v) is 11.7. The predicted molar refractivity (Wildman–Crippen MR) is 127 cm³/mol. The van der Waals surface area contributed by atoms with Gasteiger partial charge in [0.05, 0.1) is 25.1 Å². The van der Waals surface area contributed by atoms with Crippen LogP contribution < -0.4 is 10.6 Å². The van der Waals surface area contributed by atoms with Gasteiger partial charge in [-0.2, -0.15) is 0 Å². The number of rotatable bonds is 1. The van der Waals surface area contributed by atoms with Gasteiger partial charge in [-0.15, -0.1) is 0 Å². The lowest BCUT2D eigenvalue weighted by molar-refractivity contribution is -0.151. The Morgan fingerprint density at radius 3 is 2.44 bits per heavy atom. The highest BCUT2D eigenvalue weighted by Gasteiger charge is 2.46. The molecule has 4 N–H and O–H groups in total. The Morgan fingerprint density at radius 2 is 1.75 bits per heavy atom. The molecule has 0 spiro atoms. The number of hydrogen-bond donors (Lipinski definition) is 4. The SMILES string of the molecule is CN1C[C@@H]2C[C@H]1C(=O)N1CCN(C(=O)CC(C)(C)C)[C@@H](C1)C(=O)NC[C@H]1O[C@@H](CC(=O)N2)[C@H](O)[C@@H]1O. The van der Waals surface area contributed by atoms with Gasteiger partial charge in [-0.25, -0.2) is 0 Å². The molecule has 4 aliphatic rings. The zero-order valence-corrected chi connectivity index (χ0v) is 21.5. The molecule has 6 bridgehead atoms. The van der Waals surface area contributed by atoms with E-state index in [9.17, 15) is 29.4 Å². The van der Waals surface area contributed by atoms with Gasteiger partial charge in [-0.1, -0.05) is 20.8 Å². The van der Waals surface area contributed by atoms with Crippen molar-refractivity contribution in [3.63, 3.8) is 0 Å². The van der Waals surface area contributed by atoms with E-state index < -0.39 is 42.4 Å². The van der Waals surface area contributed by atoms with Gasteiger partial charge in [0, 0.05) is 38.6 Å². The second-order valence-electron chi connectivity index (χ2n) is 11.7. The number of fused-ring (bicyclic) bond motifs is 6. The lowest BCUT2D eigenvalue weighted by Crippen LogP contribution is -2.63. The van der Waals surface area contributed by atoms with Crippen molar-refractivity contribution in [1.29, 1.82) is 0 Å². The van der Waals surface area contributed by atoms with Crippen molar-refractivity contribution < 1.29 is 34.1 Å². The molecule has 4 amide bonds. The largest absolute Gasteiger partial charge is 0.388 e. The molecule has 0 saturated carbocycles. The van der Waals surface area contributed by atoms with E-state index in [1.54, 1.807) is 9.80 Å². The molecule has 4 aliphatic heterocycles. The minimum absolute atomic E-state index is 0.0568. The maximum Gasteiger partial charge on any atom is 0.244 e. The number of ether oxygens (including phenoxy) is 1. The number of hydrogen-bond acceptors (Lipinski definition) is 8. The van der Waals surface area contributed by atoms with Gasteiger partial charge >= 0.3 is 0 Å². The van der Waals surface area contributed by atoms with Gasteiger partial charge in [-0.05, 0) is 18.9 Å². The Hall–Kier alpha value is -2.28. The standard InChI is InChI=1S/C24H39N5O7/c1-24(2,3)9-19(31)29-6-5-28-12-15(29)22(34)25-10-17-21(33)20(32)16(36-17)8-18(30)26-13-7-14(23(28)35)27(4)11-13/h13-17,20-21,32-33H,5-12H2,1-4H3,(H,25,34)(H,26,30)/t13-,14-,15-,16-,17+,20-,21+/m0/s1. The highest BCUT2D eigenvalue weighted by atomic mass is 16.5. The first-order valence-corrected chi connectivity index (χ1v) is 12.7. The summed E-state index contributed by atoms with van der Waals surface area (Å²) in [5.74, 6) is -1.07. The first-order chi connectivity index (χ1) is 16.8. The first kappa shape index (κ1) is 26.8. The lowest BCUT2D eigenvalue weighted by Gasteiger charge is -2.42. The Labute approximate surface area is 211 Å². The van der Waals surface area contributed by atoms with Gasteiger partial charge in [0.25, 0.3) is 0 Å². The fraction of sp³-hybridized carbons (Fsp3) is 0.833. The van der Waals surface area contributed by atoms with E-state index in [1.807, 2.05) is 32.7 Å². The number of nitrogens with one attached hydrogen (secondary N) is 2. The normalized spacial score (nSPS) is 36.6. The summed E-state index contributed by atoms with van der Waals surface area (Å²) in [5.41, 5.74) is -0.266. The molecule has 4 saturated heterocycles. The molecule has 36 heavy (non-hydrogen) atoms. The number of likely N-dealkylation sites (tertiary alicyclic amines) is 1. The van der Waals surface area contributed by atoms with Crippen LogP contribution in [0.4, 0.5) is 0 Å². The van der Waals surface area contributed by atoms with Gasteiger partial charge in [0.2, 0.25) is 23.6 Å². The highest BCUT2D eigenvalue weighted by Crippen LogP contribution is 2.26. The summed E-state index contributed by atoms with van der Waals surface area (Å²) >= 11 is 0. The fourth-order valence-corrected chi connectivity index (χ4v) is 5.62. The van der Waals surface area contributed by atoms with Crippen LogP contribution in [-0.4, -0.2) is 131 Å². The number of aliphatic hydroxyl groups is 2. The molecular formula is C24H39N5O7. The number of aliphatic hydroxyl groups excluding tert-OH is 2. The molecule has 4 fully saturated rings. The maximum absolute atomic E-state index is 13.5. The zero-order valence-electron chi connectivity index (χ0n) is 21.5. The quantitative estimate of drug-likeness (QED) is 0.307. The van der Waals surface area contributed by atoms with Crippen molar-refractivity contribution in [3.05, 3.63) is 0 Å². The van der Waals surface area contributed by atoms with E-state index >= 15 is 0 Å². The van der Waals surface area contributed by atoms with Crippen LogP contribution in [0.2, 0.25) is 0 Å². The Kier molecular flexibility index (Phi) is 7.61. The summed E-state index contributed by atoms with van der Waals surface area (Å²) in [6.45, 7) is 6.85. The van der Waals surface area contributed by atoms with Crippen LogP contribution >= 0.6 is 0 Å². The third-order valence-corrected chi connectivity index (χ3v) is 7.52. The first-order valence-electron chi connectivity index (χ1n) is 12.7. The molecule has 0 aliphatic carbocycles. The summed E-state index contributed by atoms with van der Waals surface area (Å²) in [7, 11) is 1.82. The zero-order chi connectivity index (χ0) is 26.4. The number of carbonyl (C=O) groups is 4. The van der Waals surface area contributed by atoms with E-state index in [1.165, 1.54) is 0 Å². The van der Waals surface area contributed by atoms with Crippen molar-refractivity contribution >= 4 is 23.6 Å². The summed E-state index contributed by atoms with van der Waals surface area (Å²) < 4.78 is 5.74. The van der Waals surface area contributed by atoms with Crippen LogP contribution in [0.3, 0.4) is 0 Å². The summed E-state index contributed by atoms with van der Waals surface area (Å²) in [6.07, 6.45) is -3.84. The molecule has 4 rings (SSSR count). The van der Waals surface area contributed by atoms with Gasteiger partial charge in [-0.3, -0.25) is 24.1 Å². The number of carbonyl (C=O) groups excluding carboxylic acids is 4. The van der Waals surface area contributed by atoms with Gasteiger partial charge in [0.1, 0.15) is 24.4 Å². The van der Waals surface area contributed by atoms with E-state index in [0.717, 1.165) is 0 Å². The second kappa shape index (κ2) is 10.2. The van der Waals surface area contributed by atoms with E-state index in [2.05, 4.69) is 10.6 Å². The van der Waals surface area contributed by atoms with Crippen LogP contribution in [0.5, 0.6) is 0 Å². The average molecular weight is 510 g/mol. The van der Waals surface area contributed by atoms with Crippen molar-refractivity contribution in [2.75, 3.05) is 39.8 Å². The van der Waals surface area contributed by atoms with Crippen LogP contribution in [0.1, 0.15) is 40.0 Å². The van der Waals surface area contributed by atoms with E-state index in [0.29, 0.717) is 19.5 Å². The minimum atomic E-state index is -1.27. The third kappa shape index (κ3) is 5.66. The minimum Gasteiger partial charge on any atom is -0.388 e. The monoisotopic (exact) mass is 509 g/mol. The molecule has 0 aromatic rings. The van der Waals surface area contributed by atoms with Crippen LogP contribution in [0, 0.1) is 5.41 Å². The number of nitrogens with zero attached hydrogens (tertiary/aromatic N) is 3. The van der Waals surface area contributed by atoms with Gasteiger partial charge in [0.15, 0.2) is 0 Å². The Bertz CT molecular complexity index is 893. The molecule has 12 heteroatoms. The Balaban J connectivity index is 1.59. The van der Waals surface area contributed by atoms with Crippen LogP contribution in [-0.2, 0) is 23.9 Å². The predicted octanol–water partition coefficient (Wildman–Crippen LogP) is -2.34. The molecule has 0 radical (unpaired) electrons. The molecule has 202 valence electrons. The number of amides is 4. The van der Waals surface area contributed by atoms with Crippen molar-refractivity contribution in [3.8, 4) is 0 Å². The highest BCUT2D eigenvalue weighted by molar-refractivity contribution is 5.90. The topological polar surface area (TPSA) is 152 Å². The Morgan fingerprint density at radius 1 is 1.06 bits per heavy atom. The smallest absolute Gasteiger partial charge is 0.244 e. The molecule has 0 aromatic heterocycles. The maximum atomic E-state index is 13.5. The molecule has 12 nitrogen and oxygen atoms in total. The van der Waals surface area contributed by atoms with E-state index in [-0.39, 0.29) is 61.7 Å². The summed E-state index contributed by atoms with van der Waals surface area (Å²) in [4.78, 5) is 57.6.